The van der Waals surface area contributed by atoms with Gasteiger partial charge in [0.25, 0.3) is 5.56 Å². The molecule has 0 spiro atoms. The van der Waals surface area contributed by atoms with Crippen LogP contribution in [0.2, 0.25) is 0 Å². The number of carbonyl (C=O) groups excluding carboxylic acids is 2. The third-order valence-corrected chi connectivity index (χ3v) is 4.07. The topological polar surface area (TPSA) is 101 Å². The summed E-state index contributed by atoms with van der Waals surface area (Å²) in [5.74, 6) is -0.619. The third kappa shape index (κ3) is 2.76. The first-order chi connectivity index (χ1) is 12.1. The molecule has 0 fully saturated rings. The largest absolute Gasteiger partial charge is 0.457 e. The van der Waals surface area contributed by atoms with Crippen molar-refractivity contribution in [1.29, 1.82) is 0 Å². The van der Waals surface area contributed by atoms with E-state index in [4.69, 9.17) is 4.74 Å². The average Bonchev–Trinajstić information content (AvgIpc) is 2.98. The number of nitrogens with zero attached hydrogens (tertiary/aromatic N) is 1. The molecule has 1 amide bonds. The number of nitrogens with one attached hydrogen (secondary N) is 2. The van der Waals surface area contributed by atoms with E-state index in [2.05, 4.69) is 15.5 Å². The van der Waals surface area contributed by atoms with E-state index in [0.717, 1.165) is 5.56 Å². The number of hydrogen-bond donors (Lipinski definition) is 2. The van der Waals surface area contributed by atoms with E-state index >= 15 is 0 Å². The van der Waals surface area contributed by atoms with Crippen molar-refractivity contribution in [2.75, 3.05) is 5.32 Å². The Balaban J connectivity index is 1.56. The predicted octanol–water partition coefficient (Wildman–Crippen LogP) is 1.77. The molecule has 25 heavy (non-hydrogen) atoms. The first-order valence-corrected chi connectivity index (χ1v) is 7.68. The SMILES string of the molecule is O=C(Cc1n[nH]c(=O)c2ccccc12)Nc1ccc2c(c1)COC2=O. The van der Waals surface area contributed by atoms with E-state index in [9.17, 15) is 14.4 Å². The van der Waals surface area contributed by atoms with E-state index in [1.807, 2.05) is 0 Å². The molecule has 2 aromatic carbocycles. The lowest BCUT2D eigenvalue weighted by Crippen LogP contribution is -2.18. The fourth-order valence-electron chi connectivity index (χ4n) is 2.87. The summed E-state index contributed by atoms with van der Waals surface area (Å²) >= 11 is 0. The number of cyclic esters (lactones) is 1. The van der Waals surface area contributed by atoms with Crippen LogP contribution in [-0.4, -0.2) is 22.1 Å². The molecule has 2 heterocycles. The monoisotopic (exact) mass is 335 g/mol. The van der Waals surface area contributed by atoms with Crippen LogP contribution in [0.4, 0.5) is 5.69 Å². The highest BCUT2D eigenvalue weighted by atomic mass is 16.5. The van der Waals surface area contributed by atoms with Crippen LogP contribution in [0.25, 0.3) is 10.8 Å². The Kier molecular flexibility index (Phi) is 3.53. The minimum absolute atomic E-state index is 0.0177. The molecule has 0 atom stereocenters. The van der Waals surface area contributed by atoms with Crippen molar-refractivity contribution in [3.8, 4) is 0 Å². The minimum Gasteiger partial charge on any atom is -0.457 e. The van der Waals surface area contributed by atoms with E-state index in [-0.39, 0.29) is 30.5 Å². The molecule has 0 radical (unpaired) electrons. The summed E-state index contributed by atoms with van der Waals surface area (Å²) < 4.78 is 4.94. The Hall–Kier alpha value is -3.48. The van der Waals surface area contributed by atoms with Crippen molar-refractivity contribution in [3.63, 3.8) is 0 Å². The van der Waals surface area contributed by atoms with Crippen LogP contribution in [0.15, 0.2) is 47.3 Å². The van der Waals surface area contributed by atoms with E-state index < -0.39 is 0 Å². The summed E-state index contributed by atoms with van der Waals surface area (Å²) in [6.45, 7) is 0.212. The number of amides is 1. The molecular formula is C18H13N3O4. The Bertz CT molecular complexity index is 1070. The van der Waals surface area contributed by atoms with Gasteiger partial charge in [0.1, 0.15) is 6.61 Å². The van der Waals surface area contributed by atoms with Crippen LogP contribution in [0, 0.1) is 0 Å². The highest BCUT2D eigenvalue weighted by Gasteiger charge is 2.21. The molecule has 0 saturated carbocycles. The number of rotatable bonds is 3. The zero-order valence-corrected chi connectivity index (χ0v) is 13.0. The molecule has 0 bridgehead atoms. The molecule has 2 N–H and O–H groups in total. The van der Waals surface area contributed by atoms with E-state index in [0.29, 0.717) is 27.7 Å². The van der Waals surface area contributed by atoms with Gasteiger partial charge in [0.15, 0.2) is 0 Å². The number of esters is 1. The maximum atomic E-state index is 12.3. The number of aromatic amines is 1. The maximum Gasteiger partial charge on any atom is 0.338 e. The smallest absolute Gasteiger partial charge is 0.338 e. The van der Waals surface area contributed by atoms with Crippen molar-refractivity contribution in [2.24, 2.45) is 0 Å². The molecule has 1 aromatic heterocycles. The second-order valence-corrected chi connectivity index (χ2v) is 5.72. The second-order valence-electron chi connectivity index (χ2n) is 5.72. The molecule has 0 saturated heterocycles. The normalized spacial score (nSPS) is 12.7. The lowest BCUT2D eigenvalue weighted by atomic mass is 10.1. The molecule has 1 aliphatic rings. The quantitative estimate of drug-likeness (QED) is 0.711. The molecule has 3 aromatic rings. The van der Waals surface area contributed by atoms with Crippen molar-refractivity contribution < 1.29 is 14.3 Å². The van der Waals surface area contributed by atoms with Crippen LogP contribution in [0.5, 0.6) is 0 Å². The van der Waals surface area contributed by atoms with Gasteiger partial charge in [-0.2, -0.15) is 5.10 Å². The van der Waals surface area contributed by atoms with Gasteiger partial charge in [-0.3, -0.25) is 9.59 Å². The van der Waals surface area contributed by atoms with Gasteiger partial charge in [-0.25, -0.2) is 9.89 Å². The number of ether oxygens (including phenoxy) is 1. The lowest BCUT2D eigenvalue weighted by Gasteiger charge is -2.07. The van der Waals surface area contributed by atoms with E-state index in [1.165, 1.54) is 0 Å². The van der Waals surface area contributed by atoms with Gasteiger partial charge in [0.05, 0.1) is 23.1 Å². The third-order valence-electron chi connectivity index (χ3n) is 4.07. The molecule has 7 heteroatoms. The van der Waals surface area contributed by atoms with Crippen molar-refractivity contribution in [1.82, 2.24) is 10.2 Å². The summed E-state index contributed by atoms with van der Waals surface area (Å²) in [4.78, 5) is 35.6. The van der Waals surface area contributed by atoms with Crippen LogP contribution in [0.1, 0.15) is 21.6 Å². The van der Waals surface area contributed by atoms with E-state index in [1.54, 1.807) is 42.5 Å². The molecule has 124 valence electrons. The van der Waals surface area contributed by atoms with Gasteiger partial charge < -0.3 is 10.1 Å². The number of fused-ring (bicyclic) bond motifs is 2. The van der Waals surface area contributed by atoms with Crippen LogP contribution < -0.4 is 10.9 Å². The highest BCUT2D eigenvalue weighted by molar-refractivity contribution is 5.97. The molecule has 0 aliphatic carbocycles. The standard InChI is InChI=1S/C18H13N3O4/c22-16(19-11-5-6-12-10(7-11)9-25-18(12)24)8-15-13-3-1-2-4-14(13)17(23)21-20-15/h1-7H,8-9H2,(H,19,22)(H,21,23). The summed E-state index contributed by atoms with van der Waals surface area (Å²) in [7, 11) is 0. The number of aromatic nitrogens is 2. The van der Waals surface area contributed by atoms with Crippen LogP contribution in [0.3, 0.4) is 0 Å². The van der Waals surface area contributed by atoms with Gasteiger partial charge in [-0.15, -0.1) is 0 Å². The predicted molar refractivity (Wildman–Crippen MR) is 90.3 cm³/mol. The molecule has 4 rings (SSSR count). The fraction of sp³-hybridized carbons (Fsp3) is 0.111. The molecule has 1 aliphatic heterocycles. The van der Waals surface area contributed by atoms with Gasteiger partial charge in [0.2, 0.25) is 5.91 Å². The summed E-state index contributed by atoms with van der Waals surface area (Å²) in [6, 6.07) is 12.0. The Morgan fingerprint density at radius 1 is 1.16 bits per heavy atom. The molecule has 0 unspecified atom stereocenters. The van der Waals surface area contributed by atoms with Gasteiger partial charge in [-0.1, -0.05) is 18.2 Å². The van der Waals surface area contributed by atoms with Crippen LogP contribution in [-0.2, 0) is 22.6 Å². The van der Waals surface area contributed by atoms with Crippen LogP contribution >= 0.6 is 0 Å². The second kappa shape index (κ2) is 5.86. The van der Waals surface area contributed by atoms with Gasteiger partial charge >= 0.3 is 5.97 Å². The van der Waals surface area contributed by atoms with Crippen molar-refractivity contribution >= 4 is 28.3 Å². The minimum atomic E-state index is -0.350. The number of anilines is 1. The van der Waals surface area contributed by atoms with Crippen molar-refractivity contribution in [3.05, 3.63) is 69.6 Å². The Morgan fingerprint density at radius 2 is 1.96 bits per heavy atom. The summed E-state index contributed by atoms with van der Waals surface area (Å²) in [5, 5.41) is 10.3. The first kappa shape index (κ1) is 15.1. The average molecular weight is 335 g/mol. The van der Waals surface area contributed by atoms with Gasteiger partial charge in [-0.05, 0) is 24.3 Å². The zero-order valence-electron chi connectivity index (χ0n) is 13.0. The maximum absolute atomic E-state index is 12.3. The number of H-pyrrole nitrogens is 1. The highest BCUT2D eigenvalue weighted by Crippen LogP contribution is 2.23. The lowest BCUT2D eigenvalue weighted by molar-refractivity contribution is -0.115. The van der Waals surface area contributed by atoms with Crippen molar-refractivity contribution in [2.45, 2.75) is 13.0 Å². The van der Waals surface area contributed by atoms with Gasteiger partial charge in [0, 0.05) is 16.6 Å². The first-order valence-electron chi connectivity index (χ1n) is 7.68. The molecule has 7 nitrogen and oxygen atoms in total. The fourth-order valence-corrected chi connectivity index (χ4v) is 2.87. The summed E-state index contributed by atoms with van der Waals surface area (Å²) in [5.41, 5.74) is 2.05. The number of carbonyl (C=O) groups is 2. The zero-order chi connectivity index (χ0) is 17.4. The Morgan fingerprint density at radius 3 is 2.80 bits per heavy atom. The number of hydrogen-bond acceptors (Lipinski definition) is 5. The summed E-state index contributed by atoms with van der Waals surface area (Å²) in [6.07, 6.45) is 0.0177. The molecular weight excluding hydrogens is 322 g/mol. The number of benzene rings is 2. The Labute approximate surface area is 141 Å².